The Hall–Kier alpha value is -2.15. The van der Waals surface area contributed by atoms with Crippen molar-refractivity contribution >= 4 is 5.91 Å². The second kappa shape index (κ2) is 7.61. The zero-order valence-electron chi connectivity index (χ0n) is 14.4. The molecule has 1 saturated heterocycles. The summed E-state index contributed by atoms with van der Waals surface area (Å²) in [5, 5.41) is 0. The first kappa shape index (κ1) is 16.7. The summed E-state index contributed by atoms with van der Waals surface area (Å²) >= 11 is 0. The number of aromatic amines is 1. The number of H-pyrrole nitrogens is 1. The van der Waals surface area contributed by atoms with Crippen LogP contribution in [0.5, 0.6) is 0 Å². The standard InChI is InChI=1S/C17H25N5O2/c1-3-4-5-16-19-10-15(20-16)17-18-6-7-22(17)12-14-11-21(13(2)23)8-9-24-14/h6-7,10,14H,3-5,8-9,11-12H2,1-2H3,(H,19,20). The molecular formula is C17H25N5O2. The van der Waals surface area contributed by atoms with Crippen molar-refractivity contribution in [1.82, 2.24) is 24.4 Å². The highest BCUT2D eigenvalue weighted by molar-refractivity contribution is 5.73. The quantitative estimate of drug-likeness (QED) is 0.876. The molecule has 1 fully saturated rings. The largest absolute Gasteiger partial charge is 0.373 e. The number of aromatic nitrogens is 4. The molecule has 2 aromatic heterocycles. The Balaban J connectivity index is 1.69. The highest BCUT2D eigenvalue weighted by Gasteiger charge is 2.23. The van der Waals surface area contributed by atoms with E-state index in [-0.39, 0.29) is 12.0 Å². The number of amides is 1. The zero-order valence-corrected chi connectivity index (χ0v) is 14.4. The highest BCUT2D eigenvalue weighted by atomic mass is 16.5. The molecule has 7 heteroatoms. The molecule has 24 heavy (non-hydrogen) atoms. The molecule has 130 valence electrons. The van der Waals surface area contributed by atoms with Gasteiger partial charge in [0.1, 0.15) is 11.5 Å². The average molecular weight is 331 g/mol. The van der Waals surface area contributed by atoms with Gasteiger partial charge in [0, 0.05) is 38.8 Å². The average Bonchev–Trinajstić information content (AvgIpc) is 3.22. The van der Waals surface area contributed by atoms with Gasteiger partial charge in [0.05, 0.1) is 25.5 Å². The summed E-state index contributed by atoms with van der Waals surface area (Å²) in [5.41, 5.74) is 0.922. The first-order chi connectivity index (χ1) is 11.7. The molecule has 1 atom stereocenters. The van der Waals surface area contributed by atoms with Gasteiger partial charge in [-0.05, 0) is 6.42 Å². The first-order valence-electron chi connectivity index (χ1n) is 8.60. The number of rotatable bonds is 6. The van der Waals surface area contributed by atoms with Crippen molar-refractivity contribution in [2.45, 2.75) is 45.8 Å². The third kappa shape index (κ3) is 3.84. The Kier molecular flexibility index (Phi) is 5.30. The summed E-state index contributed by atoms with van der Waals surface area (Å²) in [6, 6.07) is 0. The van der Waals surface area contributed by atoms with Gasteiger partial charge < -0.3 is 19.2 Å². The fourth-order valence-electron chi connectivity index (χ4n) is 2.98. The van der Waals surface area contributed by atoms with Crippen LogP contribution in [0.1, 0.15) is 32.5 Å². The fraction of sp³-hybridized carbons (Fsp3) is 0.588. The predicted octanol–water partition coefficient (Wildman–Crippen LogP) is 1.86. The zero-order chi connectivity index (χ0) is 16.9. The SMILES string of the molecule is CCCCc1ncc(-c2nccn2CC2CN(C(C)=O)CCO2)[nH]1. The van der Waals surface area contributed by atoms with Crippen LogP contribution in [0.2, 0.25) is 0 Å². The maximum absolute atomic E-state index is 11.6. The number of aryl methyl sites for hydroxylation is 1. The van der Waals surface area contributed by atoms with Crippen molar-refractivity contribution in [2.75, 3.05) is 19.7 Å². The number of unbranched alkanes of at least 4 members (excludes halogenated alkanes) is 1. The number of hydrogen-bond acceptors (Lipinski definition) is 4. The number of carbonyl (C=O) groups excluding carboxylic acids is 1. The minimum Gasteiger partial charge on any atom is -0.373 e. The number of ether oxygens (including phenoxy) is 1. The van der Waals surface area contributed by atoms with E-state index in [2.05, 4.69) is 26.4 Å². The lowest BCUT2D eigenvalue weighted by Gasteiger charge is -2.32. The molecule has 0 saturated carbocycles. The molecule has 1 amide bonds. The van der Waals surface area contributed by atoms with Crippen LogP contribution in [0.25, 0.3) is 11.5 Å². The monoisotopic (exact) mass is 331 g/mol. The minimum atomic E-state index is -0.0157. The maximum Gasteiger partial charge on any atom is 0.219 e. The van der Waals surface area contributed by atoms with Gasteiger partial charge in [0.15, 0.2) is 5.82 Å². The predicted molar refractivity (Wildman–Crippen MR) is 90.4 cm³/mol. The summed E-state index contributed by atoms with van der Waals surface area (Å²) in [5.74, 6) is 1.95. The highest BCUT2D eigenvalue weighted by Crippen LogP contribution is 2.18. The van der Waals surface area contributed by atoms with Gasteiger partial charge in [0.2, 0.25) is 5.91 Å². The van der Waals surface area contributed by atoms with Crippen LogP contribution in [0.3, 0.4) is 0 Å². The normalized spacial score (nSPS) is 18.1. The van der Waals surface area contributed by atoms with Crippen LogP contribution in [0.15, 0.2) is 18.6 Å². The van der Waals surface area contributed by atoms with Gasteiger partial charge in [-0.1, -0.05) is 13.3 Å². The number of imidazole rings is 2. The Morgan fingerprint density at radius 3 is 3.12 bits per heavy atom. The second-order valence-corrected chi connectivity index (χ2v) is 6.21. The van der Waals surface area contributed by atoms with Crippen molar-refractivity contribution in [3.63, 3.8) is 0 Å². The van der Waals surface area contributed by atoms with Gasteiger partial charge in [0.25, 0.3) is 0 Å². The van der Waals surface area contributed by atoms with Crippen LogP contribution in [0.4, 0.5) is 0 Å². The van der Waals surface area contributed by atoms with E-state index in [1.807, 2.05) is 17.3 Å². The molecule has 0 aliphatic carbocycles. The van der Waals surface area contributed by atoms with E-state index >= 15 is 0 Å². The van der Waals surface area contributed by atoms with Crippen molar-refractivity contribution in [2.24, 2.45) is 0 Å². The Bertz CT molecular complexity index is 678. The topological polar surface area (TPSA) is 76.0 Å². The molecule has 0 radical (unpaired) electrons. The molecule has 1 aliphatic rings. The number of nitrogens with zero attached hydrogens (tertiary/aromatic N) is 4. The molecule has 1 N–H and O–H groups in total. The van der Waals surface area contributed by atoms with Gasteiger partial charge >= 0.3 is 0 Å². The van der Waals surface area contributed by atoms with Crippen LogP contribution in [-0.4, -0.2) is 56.1 Å². The van der Waals surface area contributed by atoms with E-state index < -0.39 is 0 Å². The lowest BCUT2D eigenvalue weighted by Crippen LogP contribution is -2.46. The van der Waals surface area contributed by atoms with Crippen molar-refractivity contribution in [3.8, 4) is 11.5 Å². The second-order valence-electron chi connectivity index (χ2n) is 6.21. The first-order valence-corrected chi connectivity index (χ1v) is 8.60. The van der Waals surface area contributed by atoms with Gasteiger partial charge in [-0.15, -0.1) is 0 Å². The van der Waals surface area contributed by atoms with Crippen LogP contribution < -0.4 is 0 Å². The third-order valence-corrected chi connectivity index (χ3v) is 4.34. The van der Waals surface area contributed by atoms with Gasteiger partial charge in [-0.3, -0.25) is 4.79 Å². The molecule has 3 heterocycles. The van der Waals surface area contributed by atoms with Gasteiger partial charge in [-0.2, -0.15) is 0 Å². The smallest absolute Gasteiger partial charge is 0.219 e. The molecule has 0 aromatic carbocycles. The van der Waals surface area contributed by atoms with E-state index in [9.17, 15) is 4.79 Å². The van der Waals surface area contributed by atoms with Crippen LogP contribution in [0, 0.1) is 0 Å². The van der Waals surface area contributed by atoms with Crippen LogP contribution in [-0.2, 0) is 22.5 Å². The minimum absolute atomic E-state index is 0.0157. The maximum atomic E-state index is 11.6. The van der Waals surface area contributed by atoms with E-state index in [1.54, 1.807) is 13.1 Å². The van der Waals surface area contributed by atoms with E-state index in [1.165, 1.54) is 0 Å². The van der Waals surface area contributed by atoms with Crippen molar-refractivity contribution in [1.29, 1.82) is 0 Å². The van der Waals surface area contributed by atoms with E-state index in [0.29, 0.717) is 26.2 Å². The summed E-state index contributed by atoms with van der Waals surface area (Å²) < 4.78 is 7.87. The summed E-state index contributed by atoms with van der Waals surface area (Å²) in [7, 11) is 0. The fourth-order valence-corrected chi connectivity index (χ4v) is 2.98. The molecule has 3 rings (SSSR count). The Morgan fingerprint density at radius 1 is 1.46 bits per heavy atom. The molecule has 2 aromatic rings. The third-order valence-electron chi connectivity index (χ3n) is 4.34. The molecule has 1 aliphatic heterocycles. The summed E-state index contributed by atoms with van der Waals surface area (Å²) in [6.07, 6.45) is 8.78. The van der Waals surface area contributed by atoms with E-state index in [4.69, 9.17) is 4.74 Å². The Morgan fingerprint density at radius 2 is 2.33 bits per heavy atom. The summed E-state index contributed by atoms with van der Waals surface area (Å²) in [4.78, 5) is 25.6. The van der Waals surface area contributed by atoms with Gasteiger partial charge in [-0.25, -0.2) is 9.97 Å². The van der Waals surface area contributed by atoms with Crippen molar-refractivity contribution < 1.29 is 9.53 Å². The van der Waals surface area contributed by atoms with Crippen molar-refractivity contribution in [3.05, 3.63) is 24.4 Å². The van der Waals surface area contributed by atoms with E-state index in [0.717, 1.165) is 36.6 Å². The number of morpholine rings is 1. The molecule has 0 bridgehead atoms. The molecule has 1 unspecified atom stereocenters. The number of nitrogens with one attached hydrogen (secondary N) is 1. The molecule has 7 nitrogen and oxygen atoms in total. The lowest BCUT2D eigenvalue weighted by molar-refractivity contribution is -0.136. The Labute approximate surface area is 142 Å². The van der Waals surface area contributed by atoms with Crippen LogP contribution >= 0.6 is 0 Å². The summed E-state index contributed by atoms with van der Waals surface area (Å²) in [6.45, 7) is 6.32. The number of carbonyl (C=O) groups is 1. The molecule has 0 spiro atoms. The molecular weight excluding hydrogens is 306 g/mol. The number of hydrogen-bond donors (Lipinski definition) is 1. The lowest BCUT2D eigenvalue weighted by atomic mass is 10.2.